The second-order valence-corrected chi connectivity index (χ2v) is 1.64. The first-order valence-corrected chi connectivity index (χ1v) is 2.36. The first-order valence-electron chi connectivity index (χ1n) is 2.36. The minimum absolute atomic E-state index is 0.546. The highest BCUT2D eigenvalue weighted by Crippen LogP contribution is 1.98. The largest absolute Gasteiger partial charge is 0.358 e. The van der Waals surface area contributed by atoms with Gasteiger partial charge in [0.2, 0.25) is 0 Å². The van der Waals surface area contributed by atoms with Gasteiger partial charge in [-0.1, -0.05) is 0 Å². The smallest absolute Gasteiger partial charge is 0.251 e. The zero-order valence-electron chi connectivity index (χ0n) is 4.56. The van der Waals surface area contributed by atoms with Gasteiger partial charge in [0.1, 0.15) is 0 Å². The molecule has 0 aliphatic heterocycles. The molecule has 0 aliphatic carbocycles. The molecule has 1 rings (SSSR count). The molecule has 0 fully saturated rings. The Balaban J connectivity index is 3.09. The zero-order chi connectivity index (χ0) is 5.98. The molecule has 0 amide bonds. The molecule has 2 nitrogen and oxygen atoms in total. The van der Waals surface area contributed by atoms with Gasteiger partial charge in [0.25, 0.3) is 6.29 Å². The van der Waals surface area contributed by atoms with E-state index in [9.17, 15) is 4.79 Å². The molecule has 0 aliphatic rings. The molecule has 8 heavy (non-hydrogen) atoms. The minimum Gasteiger partial charge on any atom is -0.358 e. The van der Waals surface area contributed by atoms with E-state index in [1.807, 2.05) is 13.0 Å². The van der Waals surface area contributed by atoms with Gasteiger partial charge in [-0.15, -0.1) is 0 Å². The molecule has 0 spiro atoms. The van der Waals surface area contributed by atoms with Gasteiger partial charge in [0.15, 0.2) is 0 Å². The maximum absolute atomic E-state index is 9.93. The van der Waals surface area contributed by atoms with Crippen LogP contribution in [0.25, 0.3) is 0 Å². The van der Waals surface area contributed by atoms with Gasteiger partial charge in [-0.3, -0.25) is 4.79 Å². The Morgan fingerprint density at radius 3 is 2.75 bits per heavy atom. The zero-order valence-corrected chi connectivity index (χ0v) is 4.56. The van der Waals surface area contributed by atoms with Crippen molar-refractivity contribution >= 4 is 6.29 Å². The van der Waals surface area contributed by atoms with E-state index in [0.29, 0.717) is 5.69 Å². The van der Waals surface area contributed by atoms with Crippen molar-refractivity contribution in [3.63, 3.8) is 0 Å². The lowest BCUT2D eigenvalue weighted by molar-refractivity contribution is 0.561. The summed E-state index contributed by atoms with van der Waals surface area (Å²) in [7, 11) is 0. The molecule has 0 saturated carbocycles. The maximum atomic E-state index is 9.93. The van der Waals surface area contributed by atoms with Crippen molar-refractivity contribution < 1.29 is 4.79 Å². The van der Waals surface area contributed by atoms with Crippen molar-refractivity contribution in [2.45, 2.75) is 6.92 Å². The maximum Gasteiger partial charge on any atom is 0.251 e. The molecule has 0 unspecified atom stereocenters. The molecular formula is C6H6NO. The summed E-state index contributed by atoms with van der Waals surface area (Å²) in [6, 6.07) is 1.83. The van der Waals surface area contributed by atoms with Gasteiger partial charge in [-0.25, -0.2) is 0 Å². The Hall–Kier alpha value is -1.05. The SMILES string of the molecule is Cc1cc[nH]c1[C]=O. The summed E-state index contributed by atoms with van der Waals surface area (Å²) < 4.78 is 0. The summed E-state index contributed by atoms with van der Waals surface area (Å²) >= 11 is 0. The van der Waals surface area contributed by atoms with Crippen LogP contribution in [0.5, 0.6) is 0 Å². The Bertz CT molecular complexity index is 190. The molecule has 1 aromatic rings. The molecule has 0 bridgehead atoms. The monoisotopic (exact) mass is 108 g/mol. The Labute approximate surface area is 47.5 Å². The Morgan fingerprint density at radius 1 is 1.75 bits per heavy atom. The van der Waals surface area contributed by atoms with E-state index in [0.717, 1.165) is 5.56 Å². The van der Waals surface area contributed by atoms with Crippen molar-refractivity contribution in [3.8, 4) is 0 Å². The van der Waals surface area contributed by atoms with Crippen LogP contribution < -0.4 is 0 Å². The summed E-state index contributed by atoms with van der Waals surface area (Å²) in [4.78, 5) is 12.7. The van der Waals surface area contributed by atoms with Crippen molar-refractivity contribution in [1.29, 1.82) is 0 Å². The molecule has 1 aromatic heterocycles. The first-order chi connectivity index (χ1) is 3.84. The summed E-state index contributed by atoms with van der Waals surface area (Å²) in [5.41, 5.74) is 1.49. The lowest BCUT2D eigenvalue weighted by Gasteiger charge is -1.79. The van der Waals surface area contributed by atoms with Crippen LogP contribution in [0, 0.1) is 6.92 Å². The molecule has 0 aromatic carbocycles. The molecule has 1 radical (unpaired) electrons. The van der Waals surface area contributed by atoms with Gasteiger partial charge >= 0.3 is 0 Å². The predicted molar refractivity (Wildman–Crippen MR) is 30.3 cm³/mol. The van der Waals surface area contributed by atoms with Gasteiger partial charge < -0.3 is 4.98 Å². The Morgan fingerprint density at radius 2 is 2.50 bits per heavy atom. The second-order valence-electron chi connectivity index (χ2n) is 1.64. The second kappa shape index (κ2) is 1.82. The van der Waals surface area contributed by atoms with Crippen LogP contribution in [0.4, 0.5) is 0 Å². The topological polar surface area (TPSA) is 32.9 Å². The van der Waals surface area contributed by atoms with E-state index >= 15 is 0 Å². The van der Waals surface area contributed by atoms with Gasteiger partial charge in [0, 0.05) is 6.20 Å². The average molecular weight is 108 g/mol. The quantitative estimate of drug-likeness (QED) is 0.566. The van der Waals surface area contributed by atoms with Crippen LogP contribution in [0.3, 0.4) is 0 Å². The fourth-order valence-corrected chi connectivity index (χ4v) is 0.557. The van der Waals surface area contributed by atoms with Crippen LogP contribution in [-0.4, -0.2) is 11.3 Å². The van der Waals surface area contributed by atoms with Crippen molar-refractivity contribution in [2.24, 2.45) is 0 Å². The number of aromatic amines is 1. The first kappa shape index (κ1) is 5.09. The van der Waals surface area contributed by atoms with Crippen LogP contribution in [-0.2, 0) is 4.79 Å². The number of hydrogen-bond acceptors (Lipinski definition) is 1. The third-order valence-electron chi connectivity index (χ3n) is 1.06. The van der Waals surface area contributed by atoms with Crippen LogP contribution in [0.1, 0.15) is 11.3 Å². The molecule has 0 atom stereocenters. The number of H-pyrrole nitrogens is 1. The standard InChI is InChI=1S/C6H6NO/c1-5-2-3-7-6(5)4-8/h2-3,7H,1H3. The highest BCUT2D eigenvalue weighted by Gasteiger charge is 1.93. The van der Waals surface area contributed by atoms with Gasteiger partial charge in [-0.2, -0.15) is 0 Å². The summed E-state index contributed by atoms with van der Waals surface area (Å²) in [5.74, 6) is 0. The molecule has 2 heteroatoms. The molecule has 41 valence electrons. The third-order valence-corrected chi connectivity index (χ3v) is 1.06. The van der Waals surface area contributed by atoms with Gasteiger partial charge in [-0.05, 0) is 18.6 Å². The fourth-order valence-electron chi connectivity index (χ4n) is 0.557. The Kier molecular flexibility index (Phi) is 1.16. The number of aromatic nitrogens is 1. The number of hydrogen-bond donors (Lipinski definition) is 1. The number of nitrogens with one attached hydrogen (secondary N) is 1. The van der Waals surface area contributed by atoms with E-state index in [4.69, 9.17) is 0 Å². The lowest BCUT2D eigenvalue weighted by atomic mass is 10.3. The van der Waals surface area contributed by atoms with E-state index in [-0.39, 0.29) is 0 Å². The van der Waals surface area contributed by atoms with Crippen LogP contribution in [0.2, 0.25) is 0 Å². The lowest BCUT2D eigenvalue weighted by Crippen LogP contribution is -1.80. The normalized spacial score (nSPS) is 9.12. The predicted octanol–water partition coefficient (Wildman–Crippen LogP) is 0.781. The van der Waals surface area contributed by atoms with Crippen molar-refractivity contribution in [3.05, 3.63) is 23.5 Å². The third kappa shape index (κ3) is 0.644. The minimum atomic E-state index is 0.546. The number of carbonyl (C=O) groups excluding carboxylic acids is 1. The van der Waals surface area contributed by atoms with E-state index in [1.165, 1.54) is 0 Å². The van der Waals surface area contributed by atoms with Crippen LogP contribution >= 0.6 is 0 Å². The molecule has 0 saturated heterocycles. The van der Waals surface area contributed by atoms with Crippen molar-refractivity contribution in [2.75, 3.05) is 0 Å². The van der Waals surface area contributed by atoms with Crippen LogP contribution in [0.15, 0.2) is 12.3 Å². The highest BCUT2D eigenvalue weighted by molar-refractivity contribution is 5.74. The van der Waals surface area contributed by atoms with E-state index in [2.05, 4.69) is 4.98 Å². The fraction of sp³-hybridized carbons (Fsp3) is 0.167. The van der Waals surface area contributed by atoms with E-state index < -0.39 is 0 Å². The average Bonchev–Trinajstić information content (AvgIpc) is 2.14. The number of aryl methyl sites for hydroxylation is 1. The summed E-state index contributed by atoms with van der Waals surface area (Å²) in [5, 5.41) is 0. The van der Waals surface area contributed by atoms with Crippen molar-refractivity contribution in [1.82, 2.24) is 4.98 Å². The van der Waals surface area contributed by atoms with Gasteiger partial charge in [0.05, 0.1) is 5.69 Å². The molecule has 1 N–H and O–H groups in total. The molecular weight excluding hydrogens is 102 g/mol. The summed E-state index contributed by atoms with van der Waals surface area (Å²) in [6.07, 6.45) is 3.49. The summed E-state index contributed by atoms with van der Waals surface area (Å²) in [6.45, 7) is 1.86. The highest BCUT2D eigenvalue weighted by atomic mass is 16.1. The number of rotatable bonds is 1. The van der Waals surface area contributed by atoms with E-state index in [1.54, 1.807) is 12.5 Å². The molecule has 1 heterocycles.